The second-order valence-electron chi connectivity index (χ2n) is 6.24. The molecule has 22 heavy (non-hydrogen) atoms. The van der Waals surface area contributed by atoms with Gasteiger partial charge in [0.1, 0.15) is 18.4 Å². The summed E-state index contributed by atoms with van der Waals surface area (Å²) in [4.78, 5) is 13.9. The van der Waals surface area contributed by atoms with Gasteiger partial charge in [0.25, 0.3) is 0 Å². The Labute approximate surface area is 133 Å². The summed E-state index contributed by atoms with van der Waals surface area (Å²) in [5.74, 6) is 1.30. The van der Waals surface area contributed by atoms with E-state index in [1.165, 1.54) is 18.2 Å². The van der Waals surface area contributed by atoms with Gasteiger partial charge in [0.15, 0.2) is 0 Å². The van der Waals surface area contributed by atoms with Crippen LogP contribution in [0.3, 0.4) is 0 Å². The molecule has 1 aliphatic heterocycles. The lowest BCUT2D eigenvalue weighted by Gasteiger charge is -2.22. The molecule has 0 amide bonds. The fraction of sp³-hybridized carbons (Fsp3) is 0.611. The number of likely N-dealkylation sites (tertiary alicyclic amines) is 1. The molecule has 4 nitrogen and oxygen atoms in total. The molecule has 0 radical (unpaired) electrons. The van der Waals surface area contributed by atoms with Crippen molar-refractivity contribution in [2.75, 3.05) is 26.8 Å². The van der Waals surface area contributed by atoms with Crippen LogP contribution >= 0.6 is 0 Å². The van der Waals surface area contributed by atoms with Crippen molar-refractivity contribution in [3.05, 3.63) is 29.3 Å². The van der Waals surface area contributed by atoms with Gasteiger partial charge in [-0.2, -0.15) is 0 Å². The Balaban J connectivity index is 1.86. The van der Waals surface area contributed by atoms with Crippen LogP contribution in [0.5, 0.6) is 5.75 Å². The minimum atomic E-state index is -0.130. The molecule has 1 fully saturated rings. The van der Waals surface area contributed by atoms with E-state index in [9.17, 15) is 4.79 Å². The maximum atomic E-state index is 11.7. The first-order valence-electron chi connectivity index (χ1n) is 8.08. The van der Waals surface area contributed by atoms with Gasteiger partial charge < -0.3 is 9.47 Å². The van der Waals surface area contributed by atoms with E-state index in [1.807, 2.05) is 6.07 Å². The Morgan fingerprint density at radius 1 is 1.41 bits per heavy atom. The van der Waals surface area contributed by atoms with Crippen molar-refractivity contribution < 1.29 is 14.3 Å². The molecule has 1 saturated heterocycles. The Bertz CT molecular complexity index is 513. The van der Waals surface area contributed by atoms with Crippen LogP contribution < -0.4 is 4.74 Å². The quantitative estimate of drug-likeness (QED) is 0.757. The maximum absolute atomic E-state index is 11.7. The summed E-state index contributed by atoms with van der Waals surface area (Å²) in [5.41, 5.74) is 2.62. The van der Waals surface area contributed by atoms with Gasteiger partial charge in [0.05, 0.1) is 7.11 Å². The molecule has 1 aromatic rings. The van der Waals surface area contributed by atoms with Crippen molar-refractivity contribution >= 4 is 5.97 Å². The van der Waals surface area contributed by atoms with Gasteiger partial charge in [-0.15, -0.1) is 0 Å². The zero-order chi connectivity index (χ0) is 16.1. The maximum Gasteiger partial charge on any atom is 0.323 e. The Hall–Kier alpha value is -1.55. The molecule has 122 valence electrons. The minimum Gasteiger partial charge on any atom is -0.492 e. The highest BCUT2D eigenvalue weighted by Gasteiger charge is 2.30. The smallest absolute Gasteiger partial charge is 0.323 e. The predicted molar refractivity (Wildman–Crippen MR) is 87.4 cm³/mol. The Kier molecular flexibility index (Phi) is 5.83. The van der Waals surface area contributed by atoms with E-state index in [-0.39, 0.29) is 12.0 Å². The molecule has 0 saturated carbocycles. The lowest BCUT2D eigenvalue weighted by molar-refractivity contribution is -0.145. The predicted octanol–water partition coefficient (Wildman–Crippen LogP) is 3.13. The summed E-state index contributed by atoms with van der Waals surface area (Å²) in [6.07, 6.45) is 1.93. The number of nitrogens with zero attached hydrogens (tertiary/aromatic N) is 1. The van der Waals surface area contributed by atoms with Crippen molar-refractivity contribution in [1.29, 1.82) is 0 Å². The van der Waals surface area contributed by atoms with E-state index >= 15 is 0 Å². The zero-order valence-corrected chi connectivity index (χ0v) is 14.1. The van der Waals surface area contributed by atoms with Gasteiger partial charge in [0.2, 0.25) is 0 Å². The molecular weight excluding hydrogens is 278 g/mol. The SMILES string of the molecule is COC(=O)C1CCCN1CCOc1ccc(C(C)C)c(C)c1. The number of esters is 1. The van der Waals surface area contributed by atoms with Crippen LogP contribution in [-0.2, 0) is 9.53 Å². The number of carbonyl (C=O) groups excluding carboxylic acids is 1. The van der Waals surface area contributed by atoms with E-state index in [0.717, 1.165) is 31.7 Å². The number of rotatable bonds is 6. The topological polar surface area (TPSA) is 38.8 Å². The summed E-state index contributed by atoms with van der Waals surface area (Å²) in [6, 6.07) is 6.17. The lowest BCUT2D eigenvalue weighted by Crippen LogP contribution is -2.39. The van der Waals surface area contributed by atoms with Crippen molar-refractivity contribution in [3.63, 3.8) is 0 Å². The van der Waals surface area contributed by atoms with Gasteiger partial charge in [0, 0.05) is 6.54 Å². The van der Waals surface area contributed by atoms with E-state index in [1.54, 1.807) is 0 Å². The fourth-order valence-electron chi connectivity index (χ4n) is 3.16. The molecule has 0 aromatic heterocycles. The molecule has 0 aliphatic carbocycles. The van der Waals surface area contributed by atoms with Crippen molar-refractivity contribution in [2.24, 2.45) is 0 Å². The molecule has 1 unspecified atom stereocenters. The second kappa shape index (κ2) is 7.63. The van der Waals surface area contributed by atoms with Gasteiger partial charge in [-0.25, -0.2) is 0 Å². The number of aryl methyl sites for hydroxylation is 1. The normalized spacial score (nSPS) is 18.7. The first kappa shape index (κ1) is 16.8. The van der Waals surface area contributed by atoms with Gasteiger partial charge in [-0.1, -0.05) is 19.9 Å². The molecule has 1 atom stereocenters. The standard InChI is InChI=1S/C18H27NO3/c1-13(2)16-8-7-15(12-14(16)3)22-11-10-19-9-5-6-17(19)18(20)21-4/h7-8,12-13,17H,5-6,9-11H2,1-4H3. The molecule has 0 N–H and O–H groups in total. The van der Waals surface area contributed by atoms with Crippen LogP contribution in [0.1, 0.15) is 43.7 Å². The van der Waals surface area contributed by atoms with E-state index in [0.29, 0.717) is 12.5 Å². The molecule has 1 heterocycles. The van der Waals surface area contributed by atoms with Gasteiger partial charge in [-0.05, 0) is 55.5 Å². The second-order valence-corrected chi connectivity index (χ2v) is 6.24. The molecule has 0 spiro atoms. The summed E-state index contributed by atoms with van der Waals surface area (Å²) in [7, 11) is 1.45. The molecular formula is C18H27NO3. The van der Waals surface area contributed by atoms with E-state index < -0.39 is 0 Å². The minimum absolute atomic E-state index is 0.0985. The van der Waals surface area contributed by atoms with E-state index in [2.05, 4.69) is 37.8 Å². The molecule has 1 aromatic carbocycles. The van der Waals surface area contributed by atoms with Crippen LogP contribution in [-0.4, -0.2) is 43.7 Å². The summed E-state index contributed by atoms with van der Waals surface area (Å²) in [5, 5.41) is 0. The number of methoxy groups -OCH3 is 1. The monoisotopic (exact) mass is 305 g/mol. The molecule has 2 rings (SSSR count). The summed E-state index contributed by atoms with van der Waals surface area (Å²) >= 11 is 0. The Morgan fingerprint density at radius 3 is 2.82 bits per heavy atom. The van der Waals surface area contributed by atoms with Crippen molar-refractivity contribution in [3.8, 4) is 5.75 Å². The van der Waals surface area contributed by atoms with Crippen molar-refractivity contribution in [2.45, 2.75) is 45.6 Å². The fourth-order valence-corrected chi connectivity index (χ4v) is 3.16. The third-order valence-electron chi connectivity index (χ3n) is 4.35. The Morgan fingerprint density at radius 2 is 2.18 bits per heavy atom. The van der Waals surface area contributed by atoms with Crippen LogP contribution in [0, 0.1) is 6.92 Å². The first-order chi connectivity index (χ1) is 10.5. The lowest BCUT2D eigenvalue weighted by atomic mass is 9.98. The molecule has 0 bridgehead atoms. The highest BCUT2D eigenvalue weighted by atomic mass is 16.5. The first-order valence-corrected chi connectivity index (χ1v) is 8.08. The summed E-state index contributed by atoms with van der Waals surface area (Å²) in [6.45, 7) is 8.80. The largest absolute Gasteiger partial charge is 0.492 e. The van der Waals surface area contributed by atoms with Gasteiger partial charge >= 0.3 is 5.97 Å². The highest BCUT2D eigenvalue weighted by molar-refractivity contribution is 5.75. The summed E-state index contributed by atoms with van der Waals surface area (Å²) < 4.78 is 10.7. The third-order valence-corrected chi connectivity index (χ3v) is 4.35. The average molecular weight is 305 g/mol. The number of hydrogen-bond acceptors (Lipinski definition) is 4. The van der Waals surface area contributed by atoms with E-state index in [4.69, 9.17) is 9.47 Å². The van der Waals surface area contributed by atoms with Crippen LogP contribution in [0.15, 0.2) is 18.2 Å². The van der Waals surface area contributed by atoms with Crippen LogP contribution in [0.4, 0.5) is 0 Å². The van der Waals surface area contributed by atoms with Crippen molar-refractivity contribution in [1.82, 2.24) is 4.90 Å². The van der Waals surface area contributed by atoms with Crippen LogP contribution in [0.2, 0.25) is 0 Å². The third kappa shape index (κ3) is 4.01. The number of hydrogen-bond donors (Lipinski definition) is 0. The van der Waals surface area contributed by atoms with Gasteiger partial charge in [-0.3, -0.25) is 9.69 Å². The zero-order valence-electron chi connectivity index (χ0n) is 14.1. The van der Waals surface area contributed by atoms with Crippen LogP contribution in [0.25, 0.3) is 0 Å². The molecule has 4 heteroatoms. The highest BCUT2D eigenvalue weighted by Crippen LogP contribution is 2.24. The average Bonchev–Trinajstić information content (AvgIpc) is 2.94. The number of benzene rings is 1. The number of carbonyl (C=O) groups is 1. The number of ether oxygens (including phenoxy) is 2. The molecule has 1 aliphatic rings.